The predicted molar refractivity (Wildman–Crippen MR) is 29.9 cm³/mol. The Hall–Kier alpha value is -0.570. The minimum atomic E-state index is 0.101. The molecule has 2 N–H and O–H groups in total. The summed E-state index contributed by atoms with van der Waals surface area (Å²) < 4.78 is 0. The lowest BCUT2D eigenvalue weighted by molar-refractivity contribution is -0.124. The Balaban J connectivity index is 2.34. The molecule has 1 aliphatic heterocycles. The van der Waals surface area contributed by atoms with Gasteiger partial charge in [0, 0.05) is 13.0 Å². The molecule has 3 nitrogen and oxygen atoms in total. The molecule has 0 aromatic rings. The van der Waals surface area contributed by atoms with Crippen molar-refractivity contribution in [2.45, 2.75) is 13.3 Å². The summed E-state index contributed by atoms with van der Waals surface area (Å²) in [6, 6.07) is 0. The fourth-order valence-electron chi connectivity index (χ4n) is 0.764. The second kappa shape index (κ2) is 2.13. The third-order valence-electron chi connectivity index (χ3n) is 1.21. The molecule has 0 radical (unpaired) electrons. The minimum Gasteiger partial charge on any atom is -0.292 e. The molecule has 0 aromatic carbocycles. The molecule has 1 rings (SSSR count). The Morgan fingerprint density at radius 2 is 2.50 bits per heavy atom. The minimum absolute atomic E-state index is 0.101. The van der Waals surface area contributed by atoms with Crippen molar-refractivity contribution in [3.8, 4) is 0 Å². The average Bonchev–Trinajstić information content (AvgIpc) is 1.64. The van der Waals surface area contributed by atoms with Crippen molar-refractivity contribution in [2.75, 3.05) is 6.54 Å². The van der Waals surface area contributed by atoms with Crippen molar-refractivity contribution in [2.24, 2.45) is 5.92 Å². The van der Waals surface area contributed by atoms with E-state index in [2.05, 4.69) is 10.9 Å². The maximum Gasteiger partial charge on any atom is 0.234 e. The van der Waals surface area contributed by atoms with E-state index >= 15 is 0 Å². The van der Waals surface area contributed by atoms with Crippen LogP contribution in [-0.4, -0.2) is 12.5 Å². The van der Waals surface area contributed by atoms with Crippen LogP contribution < -0.4 is 10.9 Å². The van der Waals surface area contributed by atoms with Crippen LogP contribution in [0, 0.1) is 5.92 Å². The van der Waals surface area contributed by atoms with Crippen molar-refractivity contribution in [1.29, 1.82) is 0 Å². The van der Waals surface area contributed by atoms with Crippen LogP contribution in [0.5, 0.6) is 0 Å². The summed E-state index contributed by atoms with van der Waals surface area (Å²) in [4.78, 5) is 10.5. The number of rotatable bonds is 0. The van der Waals surface area contributed by atoms with Gasteiger partial charge in [0.25, 0.3) is 0 Å². The molecule has 0 aliphatic carbocycles. The van der Waals surface area contributed by atoms with E-state index in [1.54, 1.807) is 0 Å². The van der Waals surface area contributed by atoms with Crippen LogP contribution in [0.15, 0.2) is 0 Å². The maximum absolute atomic E-state index is 10.5. The van der Waals surface area contributed by atoms with Gasteiger partial charge in [-0.2, -0.15) is 0 Å². The second-order valence-corrected chi connectivity index (χ2v) is 2.24. The van der Waals surface area contributed by atoms with Gasteiger partial charge in [-0.1, -0.05) is 6.92 Å². The largest absolute Gasteiger partial charge is 0.292 e. The zero-order valence-electron chi connectivity index (χ0n) is 4.90. The summed E-state index contributed by atoms with van der Waals surface area (Å²) in [5.74, 6) is 0.590. The van der Waals surface area contributed by atoms with Crippen LogP contribution in [0.1, 0.15) is 13.3 Å². The molecular formula is C5H10N2O. The molecule has 1 amide bonds. The summed E-state index contributed by atoms with van der Waals surface area (Å²) in [6.07, 6.45) is 0.660. The van der Waals surface area contributed by atoms with Gasteiger partial charge in [-0.25, -0.2) is 5.43 Å². The molecule has 3 heteroatoms. The number of hydrazine groups is 1. The van der Waals surface area contributed by atoms with Crippen molar-refractivity contribution in [3.63, 3.8) is 0 Å². The Labute approximate surface area is 48.4 Å². The van der Waals surface area contributed by atoms with Crippen LogP contribution in [0.2, 0.25) is 0 Å². The van der Waals surface area contributed by atoms with Gasteiger partial charge in [-0.05, 0) is 5.92 Å². The first kappa shape index (κ1) is 5.56. The lowest BCUT2D eigenvalue weighted by Crippen LogP contribution is -2.45. The summed E-state index contributed by atoms with van der Waals surface area (Å²) in [7, 11) is 0. The summed E-state index contributed by atoms with van der Waals surface area (Å²) >= 11 is 0. The first-order valence-corrected chi connectivity index (χ1v) is 2.81. The topological polar surface area (TPSA) is 41.1 Å². The van der Waals surface area contributed by atoms with Crippen LogP contribution in [0.3, 0.4) is 0 Å². The highest BCUT2D eigenvalue weighted by Crippen LogP contribution is 2.01. The normalized spacial score (nSPS) is 29.6. The van der Waals surface area contributed by atoms with Crippen molar-refractivity contribution < 1.29 is 4.79 Å². The SMILES string of the molecule is CC1CNNC(=O)C1. The van der Waals surface area contributed by atoms with Crippen molar-refractivity contribution in [1.82, 2.24) is 10.9 Å². The Morgan fingerprint density at radius 3 is 2.88 bits per heavy atom. The molecule has 0 spiro atoms. The van der Waals surface area contributed by atoms with Gasteiger partial charge in [0.1, 0.15) is 0 Å². The molecule has 1 unspecified atom stereocenters. The van der Waals surface area contributed by atoms with Gasteiger partial charge in [0.15, 0.2) is 0 Å². The molecule has 1 heterocycles. The van der Waals surface area contributed by atoms with E-state index in [0.717, 1.165) is 6.54 Å². The third kappa shape index (κ3) is 1.20. The van der Waals surface area contributed by atoms with Gasteiger partial charge in [0.2, 0.25) is 5.91 Å². The lowest BCUT2D eigenvalue weighted by Gasteiger charge is -2.18. The molecule has 1 saturated heterocycles. The Bertz CT molecular complexity index is 103. The summed E-state index contributed by atoms with van der Waals surface area (Å²) in [5, 5.41) is 0. The van der Waals surface area contributed by atoms with E-state index in [9.17, 15) is 4.79 Å². The molecule has 0 aromatic heterocycles. The number of nitrogens with one attached hydrogen (secondary N) is 2. The molecule has 1 aliphatic rings. The first-order chi connectivity index (χ1) is 3.79. The summed E-state index contributed by atoms with van der Waals surface area (Å²) in [5.41, 5.74) is 5.31. The van der Waals surface area contributed by atoms with Crippen LogP contribution in [-0.2, 0) is 4.79 Å². The lowest BCUT2D eigenvalue weighted by atomic mass is 10.1. The van der Waals surface area contributed by atoms with Crippen LogP contribution >= 0.6 is 0 Å². The van der Waals surface area contributed by atoms with Crippen molar-refractivity contribution in [3.05, 3.63) is 0 Å². The highest BCUT2D eigenvalue weighted by Gasteiger charge is 2.12. The maximum atomic E-state index is 10.5. The van der Waals surface area contributed by atoms with Crippen LogP contribution in [0.4, 0.5) is 0 Å². The smallest absolute Gasteiger partial charge is 0.234 e. The van der Waals surface area contributed by atoms with E-state index in [0.29, 0.717) is 12.3 Å². The number of amides is 1. The van der Waals surface area contributed by atoms with Gasteiger partial charge >= 0.3 is 0 Å². The molecule has 1 atom stereocenters. The predicted octanol–water partition coefficient (Wildman–Crippen LogP) is -0.353. The number of hydrogen-bond acceptors (Lipinski definition) is 2. The van der Waals surface area contributed by atoms with Gasteiger partial charge in [-0.3, -0.25) is 10.2 Å². The van der Waals surface area contributed by atoms with Crippen LogP contribution in [0.25, 0.3) is 0 Å². The standard InChI is InChI=1S/C5H10N2O/c1-4-2-5(8)7-6-3-4/h4,6H,2-3H2,1H3,(H,7,8). The molecule has 0 bridgehead atoms. The van der Waals surface area contributed by atoms with E-state index < -0.39 is 0 Å². The number of carbonyl (C=O) groups excluding carboxylic acids is 1. The fourth-order valence-corrected chi connectivity index (χ4v) is 0.764. The molecule has 1 fully saturated rings. The molecule has 46 valence electrons. The second-order valence-electron chi connectivity index (χ2n) is 2.24. The highest BCUT2D eigenvalue weighted by atomic mass is 16.2. The van der Waals surface area contributed by atoms with E-state index in [1.165, 1.54) is 0 Å². The zero-order chi connectivity index (χ0) is 5.98. The van der Waals surface area contributed by atoms with Gasteiger partial charge < -0.3 is 0 Å². The van der Waals surface area contributed by atoms with Gasteiger partial charge in [-0.15, -0.1) is 0 Å². The Kier molecular flexibility index (Phi) is 1.48. The van der Waals surface area contributed by atoms with Gasteiger partial charge in [0.05, 0.1) is 0 Å². The summed E-state index contributed by atoms with van der Waals surface area (Å²) in [6.45, 7) is 2.94. The highest BCUT2D eigenvalue weighted by molar-refractivity contribution is 5.76. The van der Waals surface area contributed by atoms with E-state index in [-0.39, 0.29) is 5.91 Å². The van der Waals surface area contributed by atoms with E-state index in [1.807, 2.05) is 6.92 Å². The first-order valence-electron chi connectivity index (χ1n) is 2.81. The fraction of sp³-hybridized carbons (Fsp3) is 0.800. The van der Waals surface area contributed by atoms with E-state index in [4.69, 9.17) is 0 Å². The zero-order valence-corrected chi connectivity index (χ0v) is 4.90. The Morgan fingerprint density at radius 1 is 1.75 bits per heavy atom. The monoisotopic (exact) mass is 114 g/mol. The quantitative estimate of drug-likeness (QED) is 0.452. The number of carbonyl (C=O) groups is 1. The third-order valence-corrected chi connectivity index (χ3v) is 1.21. The molecule has 0 saturated carbocycles. The number of hydrogen-bond donors (Lipinski definition) is 2. The van der Waals surface area contributed by atoms with Crippen molar-refractivity contribution >= 4 is 5.91 Å². The average molecular weight is 114 g/mol. The molecule has 8 heavy (non-hydrogen) atoms. The molecular weight excluding hydrogens is 104 g/mol.